The van der Waals surface area contributed by atoms with E-state index in [2.05, 4.69) is 15.8 Å². The fourth-order valence-corrected chi connectivity index (χ4v) is 2.03. The van der Waals surface area contributed by atoms with Gasteiger partial charge in [-0.3, -0.25) is 15.5 Å². The van der Waals surface area contributed by atoms with Crippen LogP contribution in [0.15, 0.2) is 29.4 Å². The first kappa shape index (κ1) is 15.3. The van der Waals surface area contributed by atoms with Crippen molar-refractivity contribution >= 4 is 29.2 Å². The molecule has 1 heterocycles. The van der Waals surface area contributed by atoms with Crippen LogP contribution in [0.25, 0.3) is 0 Å². The first-order valence-corrected chi connectivity index (χ1v) is 6.99. The molecule has 0 saturated carbocycles. The van der Waals surface area contributed by atoms with Crippen molar-refractivity contribution in [3.05, 3.63) is 39.9 Å². The summed E-state index contributed by atoms with van der Waals surface area (Å²) in [6, 6.07) is 6.09. The van der Waals surface area contributed by atoms with Gasteiger partial charge in [-0.05, 0) is 42.8 Å². The SMILES string of the molecule is O=[N+]([O-])c1ccc(/C=N/NC(=S)NCC2CCCO2)cc1. The maximum absolute atomic E-state index is 10.5. The first-order valence-electron chi connectivity index (χ1n) is 6.58. The Balaban J connectivity index is 1.73. The van der Waals surface area contributed by atoms with Gasteiger partial charge in [0.2, 0.25) is 0 Å². The van der Waals surface area contributed by atoms with Crippen LogP contribution < -0.4 is 10.7 Å². The second-order valence-electron chi connectivity index (χ2n) is 4.56. The van der Waals surface area contributed by atoms with Gasteiger partial charge in [0, 0.05) is 25.3 Å². The molecular weight excluding hydrogens is 292 g/mol. The lowest BCUT2D eigenvalue weighted by Gasteiger charge is -2.11. The summed E-state index contributed by atoms with van der Waals surface area (Å²) in [4.78, 5) is 10.1. The van der Waals surface area contributed by atoms with Crippen molar-refractivity contribution in [3.63, 3.8) is 0 Å². The molecule has 0 aromatic heterocycles. The molecule has 0 amide bonds. The van der Waals surface area contributed by atoms with Crippen LogP contribution in [0.1, 0.15) is 18.4 Å². The Kier molecular flexibility index (Phi) is 5.59. The normalized spacial score (nSPS) is 17.8. The minimum atomic E-state index is -0.441. The molecule has 2 rings (SSSR count). The van der Waals surface area contributed by atoms with E-state index in [0.717, 1.165) is 25.0 Å². The topological polar surface area (TPSA) is 88.8 Å². The molecule has 1 aromatic carbocycles. The molecule has 21 heavy (non-hydrogen) atoms. The van der Waals surface area contributed by atoms with E-state index in [4.69, 9.17) is 17.0 Å². The summed E-state index contributed by atoms with van der Waals surface area (Å²) < 4.78 is 5.46. The lowest BCUT2D eigenvalue weighted by molar-refractivity contribution is -0.384. The minimum Gasteiger partial charge on any atom is -0.376 e. The zero-order chi connectivity index (χ0) is 15.1. The lowest BCUT2D eigenvalue weighted by Crippen LogP contribution is -2.37. The van der Waals surface area contributed by atoms with E-state index in [1.807, 2.05) is 0 Å². The largest absolute Gasteiger partial charge is 0.376 e. The summed E-state index contributed by atoms with van der Waals surface area (Å²) in [5.41, 5.74) is 3.49. The molecule has 1 fully saturated rings. The monoisotopic (exact) mass is 308 g/mol. The number of benzene rings is 1. The van der Waals surface area contributed by atoms with Crippen molar-refractivity contribution in [1.29, 1.82) is 0 Å². The van der Waals surface area contributed by atoms with Crippen molar-refractivity contribution in [2.75, 3.05) is 13.2 Å². The van der Waals surface area contributed by atoms with Crippen LogP contribution in [0.5, 0.6) is 0 Å². The molecule has 0 aliphatic carbocycles. The molecular formula is C13H16N4O3S. The Labute approximate surface area is 127 Å². The minimum absolute atomic E-state index is 0.0499. The zero-order valence-corrected chi connectivity index (χ0v) is 12.1. The van der Waals surface area contributed by atoms with Gasteiger partial charge in [-0.15, -0.1) is 0 Å². The second kappa shape index (κ2) is 7.65. The summed E-state index contributed by atoms with van der Waals surface area (Å²) in [6.07, 6.45) is 3.89. The second-order valence-corrected chi connectivity index (χ2v) is 4.97. The standard InChI is InChI=1S/C13H16N4O3S/c18-17(19)11-5-3-10(4-6-11)8-15-16-13(21)14-9-12-2-1-7-20-12/h3-6,8,12H,1-2,7,9H2,(H2,14,16,21)/b15-8+. The number of ether oxygens (including phenoxy) is 1. The van der Waals surface area contributed by atoms with Crippen LogP contribution in [0, 0.1) is 10.1 Å². The maximum Gasteiger partial charge on any atom is 0.269 e. The molecule has 0 spiro atoms. The van der Waals surface area contributed by atoms with Gasteiger partial charge in [0.1, 0.15) is 0 Å². The number of hydrogen-bond donors (Lipinski definition) is 2. The Morgan fingerprint density at radius 3 is 2.90 bits per heavy atom. The lowest BCUT2D eigenvalue weighted by atomic mass is 10.2. The number of nitro groups is 1. The molecule has 1 unspecified atom stereocenters. The maximum atomic E-state index is 10.5. The van der Waals surface area contributed by atoms with Crippen LogP contribution in [-0.4, -0.2) is 35.5 Å². The highest BCUT2D eigenvalue weighted by molar-refractivity contribution is 7.80. The summed E-state index contributed by atoms with van der Waals surface area (Å²) in [7, 11) is 0. The molecule has 1 aliphatic heterocycles. The highest BCUT2D eigenvalue weighted by Gasteiger charge is 2.14. The van der Waals surface area contributed by atoms with E-state index < -0.39 is 4.92 Å². The predicted octanol–water partition coefficient (Wildman–Crippen LogP) is 1.57. The highest BCUT2D eigenvalue weighted by Crippen LogP contribution is 2.11. The fourth-order valence-electron chi connectivity index (χ4n) is 1.90. The number of nitro benzene ring substituents is 1. The molecule has 0 bridgehead atoms. The van der Waals surface area contributed by atoms with E-state index >= 15 is 0 Å². The smallest absolute Gasteiger partial charge is 0.269 e. The fraction of sp³-hybridized carbons (Fsp3) is 0.385. The van der Waals surface area contributed by atoms with Crippen molar-refractivity contribution in [2.45, 2.75) is 18.9 Å². The quantitative estimate of drug-likeness (QED) is 0.371. The molecule has 8 heteroatoms. The number of nitrogens with zero attached hydrogens (tertiary/aromatic N) is 2. The van der Waals surface area contributed by atoms with Gasteiger partial charge < -0.3 is 10.1 Å². The Morgan fingerprint density at radius 1 is 1.52 bits per heavy atom. The molecule has 1 aromatic rings. The number of rotatable bonds is 5. The number of hydrogen-bond acceptors (Lipinski definition) is 5. The van der Waals surface area contributed by atoms with Crippen molar-refractivity contribution in [1.82, 2.24) is 10.7 Å². The third-order valence-electron chi connectivity index (χ3n) is 3.00. The van der Waals surface area contributed by atoms with Crippen LogP contribution in [-0.2, 0) is 4.74 Å². The third-order valence-corrected chi connectivity index (χ3v) is 3.23. The van der Waals surface area contributed by atoms with Crippen LogP contribution in [0.2, 0.25) is 0 Å². The van der Waals surface area contributed by atoms with Gasteiger partial charge in [-0.1, -0.05) is 0 Å². The number of non-ortho nitro benzene ring substituents is 1. The average molecular weight is 308 g/mol. The van der Waals surface area contributed by atoms with Crippen molar-refractivity contribution in [3.8, 4) is 0 Å². The molecule has 0 radical (unpaired) electrons. The molecule has 1 atom stereocenters. The van der Waals surface area contributed by atoms with Gasteiger partial charge in [0.05, 0.1) is 17.2 Å². The van der Waals surface area contributed by atoms with E-state index in [9.17, 15) is 10.1 Å². The number of thiocarbonyl (C=S) groups is 1. The number of hydrazone groups is 1. The molecule has 1 saturated heterocycles. The molecule has 2 N–H and O–H groups in total. The van der Waals surface area contributed by atoms with Crippen LogP contribution >= 0.6 is 12.2 Å². The van der Waals surface area contributed by atoms with Gasteiger partial charge in [-0.2, -0.15) is 5.10 Å². The van der Waals surface area contributed by atoms with Gasteiger partial charge in [0.15, 0.2) is 5.11 Å². The van der Waals surface area contributed by atoms with Gasteiger partial charge >= 0.3 is 0 Å². The van der Waals surface area contributed by atoms with Crippen molar-refractivity contribution in [2.24, 2.45) is 5.10 Å². The van der Waals surface area contributed by atoms with Gasteiger partial charge in [-0.25, -0.2) is 0 Å². The summed E-state index contributed by atoms with van der Waals surface area (Å²) in [5.74, 6) is 0. The van der Waals surface area contributed by atoms with E-state index in [1.54, 1.807) is 18.3 Å². The molecule has 112 valence electrons. The molecule has 1 aliphatic rings. The number of nitrogens with one attached hydrogen (secondary N) is 2. The van der Waals surface area contributed by atoms with Crippen LogP contribution in [0.3, 0.4) is 0 Å². The highest BCUT2D eigenvalue weighted by atomic mass is 32.1. The average Bonchev–Trinajstić information content (AvgIpc) is 2.99. The van der Waals surface area contributed by atoms with Gasteiger partial charge in [0.25, 0.3) is 5.69 Å². The first-order chi connectivity index (χ1) is 10.1. The molecule has 7 nitrogen and oxygen atoms in total. The zero-order valence-electron chi connectivity index (χ0n) is 11.3. The van der Waals surface area contributed by atoms with E-state index in [1.165, 1.54) is 12.1 Å². The summed E-state index contributed by atoms with van der Waals surface area (Å²) >= 11 is 5.08. The van der Waals surface area contributed by atoms with Crippen molar-refractivity contribution < 1.29 is 9.66 Å². The predicted molar refractivity (Wildman–Crippen MR) is 83.4 cm³/mol. The Bertz CT molecular complexity index is 527. The van der Waals surface area contributed by atoms with E-state index in [0.29, 0.717) is 11.7 Å². The Hall–Kier alpha value is -2.06. The Morgan fingerprint density at radius 2 is 2.29 bits per heavy atom. The van der Waals surface area contributed by atoms with E-state index in [-0.39, 0.29) is 11.8 Å². The van der Waals surface area contributed by atoms with Crippen LogP contribution in [0.4, 0.5) is 5.69 Å². The summed E-state index contributed by atoms with van der Waals surface area (Å²) in [6.45, 7) is 1.48. The summed E-state index contributed by atoms with van der Waals surface area (Å²) in [5, 5.41) is 17.9. The third kappa shape index (κ3) is 5.09.